The van der Waals surface area contributed by atoms with Gasteiger partial charge in [-0.25, -0.2) is 4.39 Å². The summed E-state index contributed by atoms with van der Waals surface area (Å²) in [6, 6.07) is 4.22. The molecular formula is C10H13FO2. The lowest BCUT2D eigenvalue weighted by Gasteiger charge is -2.18. The van der Waals surface area contributed by atoms with Crippen molar-refractivity contribution in [2.24, 2.45) is 0 Å². The molecule has 0 fully saturated rings. The molecule has 2 N–H and O–H groups in total. The van der Waals surface area contributed by atoms with E-state index in [2.05, 4.69) is 0 Å². The maximum absolute atomic E-state index is 12.9. The van der Waals surface area contributed by atoms with E-state index in [1.165, 1.54) is 18.2 Å². The Morgan fingerprint density at radius 2 is 2.00 bits per heavy atom. The van der Waals surface area contributed by atoms with Crippen molar-refractivity contribution in [1.82, 2.24) is 0 Å². The normalized spacial score (nSPS) is 11.8. The molecule has 0 saturated heterocycles. The van der Waals surface area contributed by atoms with Crippen LogP contribution in [0.3, 0.4) is 0 Å². The molecule has 0 aliphatic rings. The third-order valence-electron chi connectivity index (χ3n) is 1.92. The zero-order valence-corrected chi connectivity index (χ0v) is 7.71. The predicted molar refractivity (Wildman–Crippen MR) is 47.6 cm³/mol. The molecule has 0 spiro atoms. The molecule has 72 valence electrons. The van der Waals surface area contributed by atoms with E-state index in [4.69, 9.17) is 5.11 Å². The molecule has 0 unspecified atom stereocenters. The molecule has 1 aromatic rings. The fourth-order valence-corrected chi connectivity index (χ4v) is 1.08. The summed E-state index contributed by atoms with van der Waals surface area (Å²) in [6.45, 7) is 2.87. The quantitative estimate of drug-likeness (QED) is 0.732. The Bertz CT molecular complexity index is 302. The number of aliphatic hydroxyl groups excluding tert-OH is 1. The number of hydrogen-bond acceptors (Lipinski definition) is 2. The molecule has 13 heavy (non-hydrogen) atoms. The van der Waals surface area contributed by atoms with Crippen molar-refractivity contribution in [3.05, 3.63) is 35.1 Å². The van der Waals surface area contributed by atoms with Gasteiger partial charge in [-0.2, -0.15) is 0 Å². The zero-order chi connectivity index (χ0) is 10.1. The molecule has 1 aromatic carbocycles. The summed E-state index contributed by atoms with van der Waals surface area (Å²) >= 11 is 0. The first-order valence-corrected chi connectivity index (χ1v) is 4.07. The smallest absolute Gasteiger partial charge is 0.128 e. The third-order valence-corrected chi connectivity index (χ3v) is 1.92. The first kappa shape index (κ1) is 10.2. The Morgan fingerprint density at radius 1 is 1.38 bits per heavy atom. The zero-order valence-electron chi connectivity index (χ0n) is 7.71. The molecule has 2 nitrogen and oxygen atoms in total. The fourth-order valence-electron chi connectivity index (χ4n) is 1.08. The minimum absolute atomic E-state index is 0.208. The van der Waals surface area contributed by atoms with Gasteiger partial charge in [0.25, 0.3) is 0 Å². The van der Waals surface area contributed by atoms with E-state index < -0.39 is 11.4 Å². The van der Waals surface area contributed by atoms with Gasteiger partial charge in [0.1, 0.15) is 5.82 Å². The van der Waals surface area contributed by atoms with E-state index in [0.717, 1.165) is 0 Å². The monoisotopic (exact) mass is 184 g/mol. The van der Waals surface area contributed by atoms with E-state index >= 15 is 0 Å². The SMILES string of the molecule is CC(C)(O)c1ccc(F)c(CO)c1. The maximum atomic E-state index is 12.9. The van der Waals surface area contributed by atoms with Crippen LogP contribution in [0.4, 0.5) is 4.39 Å². The second-order valence-corrected chi connectivity index (χ2v) is 3.52. The van der Waals surface area contributed by atoms with Crippen molar-refractivity contribution < 1.29 is 14.6 Å². The van der Waals surface area contributed by atoms with Crippen LogP contribution in [0, 0.1) is 5.82 Å². The summed E-state index contributed by atoms with van der Waals surface area (Å²) in [5.41, 5.74) is -0.199. The van der Waals surface area contributed by atoms with Gasteiger partial charge in [-0.05, 0) is 31.5 Å². The van der Waals surface area contributed by atoms with Crippen molar-refractivity contribution in [2.75, 3.05) is 0 Å². The summed E-state index contributed by atoms with van der Waals surface area (Å²) in [6.07, 6.45) is 0. The molecule has 0 amide bonds. The summed E-state index contributed by atoms with van der Waals surface area (Å²) in [7, 11) is 0. The molecule has 0 aromatic heterocycles. The molecule has 0 heterocycles. The van der Waals surface area contributed by atoms with E-state index in [9.17, 15) is 9.50 Å². The van der Waals surface area contributed by atoms with Crippen molar-refractivity contribution in [3.63, 3.8) is 0 Å². The van der Waals surface area contributed by atoms with E-state index in [1.54, 1.807) is 13.8 Å². The van der Waals surface area contributed by atoms with Gasteiger partial charge in [-0.1, -0.05) is 6.07 Å². The lowest BCUT2D eigenvalue weighted by atomic mass is 9.96. The van der Waals surface area contributed by atoms with Gasteiger partial charge in [0.2, 0.25) is 0 Å². The number of halogens is 1. The Balaban J connectivity index is 3.14. The molecule has 3 heteroatoms. The van der Waals surface area contributed by atoms with Gasteiger partial charge >= 0.3 is 0 Å². The van der Waals surface area contributed by atoms with Crippen LogP contribution in [-0.2, 0) is 12.2 Å². The minimum Gasteiger partial charge on any atom is -0.392 e. The topological polar surface area (TPSA) is 40.5 Å². The van der Waals surface area contributed by atoms with Crippen molar-refractivity contribution in [1.29, 1.82) is 0 Å². The number of rotatable bonds is 2. The summed E-state index contributed by atoms with van der Waals surface area (Å²) in [5, 5.41) is 18.4. The number of hydrogen-bond donors (Lipinski definition) is 2. The lowest BCUT2D eigenvalue weighted by molar-refractivity contribution is 0.0783. The van der Waals surface area contributed by atoms with Gasteiger partial charge in [-0.15, -0.1) is 0 Å². The van der Waals surface area contributed by atoms with Gasteiger partial charge in [-0.3, -0.25) is 0 Å². The highest BCUT2D eigenvalue weighted by Gasteiger charge is 2.17. The van der Waals surface area contributed by atoms with Gasteiger partial charge in [0.05, 0.1) is 12.2 Å². The Hall–Kier alpha value is -0.930. The highest BCUT2D eigenvalue weighted by Crippen LogP contribution is 2.21. The minimum atomic E-state index is -1.00. The average Bonchev–Trinajstić information content (AvgIpc) is 2.03. The molecule has 0 aliphatic heterocycles. The van der Waals surface area contributed by atoms with Gasteiger partial charge < -0.3 is 10.2 Å². The second-order valence-electron chi connectivity index (χ2n) is 3.52. The highest BCUT2D eigenvalue weighted by molar-refractivity contribution is 5.28. The molecular weight excluding hydrogens is 171 g/mol. The Labute approximate surface area is 76.6 Å². The molecule has 0 saturated carbocycles. The highest BCUT2D eigenvalue weighted by atomic mass is 19.1. The van der Waals surface area contributed by atoms with Crippen LogP contribution in [0.1, 0.15) is 25.0 Å². The first-order chi connectivity index (χ1) is 5.95. The second kappa shape index (κ2) is 3.44. The fraction of sp³-hybridized carbons (Fsp3) is 0.400. The van der Waals surface area contributed by atoms with E-state index in [1.807, 2.05) is 0 Å². The van der Waals surface area contributed by atoms with E-state index in [-0.39, 0.29) is 12.2 Å². The summed E-state index contributed by atoms with van der Waals surface area (Å²) in [5.74, 6) is -0.449. The van der Waals surface area contributed by atoms with Crippen LogP contribution in [-0.4, -0.2) is 10.2 Å². The van der Waals surface area contributed by atoms with Gasteiger partial charge in [0.15, 0.2) is 0 Å². The van der Waals surface area contributed by atoms with Crippen LogP contribution in [0.2, 0.25) is 0 Å². The maximum Gasteiger partial charge on any atom is 0.128 e. The number of aliphatic hydroxyl groups is 2. The largest absolute Gasteiger partial charge is 0.392 e. The molecule has 0 radical (unpaired) electrons. The van der Waals surface area contributed by atoms with Crippen molar-refractivity contribution in [2.45, 2.75) is 26.1 Å². The molecule has 0 bridgehead atoms. The Morgan fingerprint density at radius 3 is 2.46 bits per heavy atom. The number of benzene rings is 1. The standard InChI is InChI=1S/C10H13FO2/c1-10(2,13)8-3-4-9(11)7(5-8)6-12/h3-5,12-13H,6H2,1-2H3. The summed E-state index contributed by atoms with van der Waals surface area (Å²) in [4.78, 5) is 0. The average molecular weight is 184 g/mol. The summed E-state index contributed by atoms with van der Waals surface area (Å²) < 4.78 is 12.9. The van der Waals surface area contributed by atoms with Crippen molar-refractivity contribution in [3.8, 4) is 0 Å². The predicted octanol–water partition coefficient (Wildman–Crippen LogP) is 1.55. The molecule has 1 rings (SSSR count). The van der Waals surface area contributed by atoms with Crippen LogP contribution in [0.5, 0.6) is 0 Å². The molecule has 0 atom stereocenters. The van der Waals surface area contributed by atoms with Crippen LogP contribution < -0.4 is 0 Å². The van der Waals surface area contributed by atoms with Crippen LogP contribution in [0.15, 0.2) is 18.2 Å². The first-order valence-electron chi connectivity index (χ1n) is 4.07. The van der Waals surface area contributed by atoms with Crippen LogP contribution >= 0.6 is 0 Å². The molecule has 0 aliphatic carbocycles. The van der Waals surface area contributed by atoms with Gasteiger partial charge in [0, 0.05) is 5.56 Å². The Kier molecular flexibility index (Phi) is 2.68. The van der Waals surface area contributed by atoms with Crippen molar-refractivity contribution >= 4 is 0 Å². The van der Waals surface area contributed by atoms with Crippen LogP contribution in [0.25, 0.3) is 0 Å². The third kappa shape index (κ3) is 2.26. The lowest BCUT2D eigenvalue weighted by Crippen LogP contribution is -2.15. The van der Waals surface area contributed by atoms with E-state index in [0.29, 0.717) is 5.56 Å².